The molecule has 0 aliphatic rings. The molecule has 0 spiro atoms. The average molecular weight is 370 g/mol. The van der Waals surface area contributed by atoms with Crippen molar-refractivity contribution in [2.75, 3.05) is 14.2 Å². The minimum Gasteiger partial charge on any atom is -0.493 e. The molecule has 0 aliphatic carbocycles. The van der Waals surface area contributed by atoms with Gasteiger partial charge in [-0.05, 0) is 35.9 Å². The molecule has 8 heteroatoms. The molecule has 1 N–H and O–H groups in total. The van der Waals surface area contributed by atoms with E-state index >= 15 is 0 Å². The van der Waals surface area contributed by atoms with Gasteiger partial charge in [-0.1, -0.05) is 17.3 Å². The quantitative estimate of drug-likeness (QED) is 0.633. The molecule has 27 heavy (non-hydrogen) atoms. The highest BCUT2D eigenvalue weighted by molar-refractivity contribution is 5.89. The van der Waals surface area contributed by atoms with Crippen molar-refractivity contribution in [3.63, 3.8) is 0 Å². The predicted molar refractivity (Wildman–Crippen MR) is 94.3 cm³/mol. The Morgan fingerprint density at radius 3 is 2.48 bits per heavy atom. The van der Waals surface area contributed by atoms with Gasteiger partial charge in [-0.15, -0.1) is 0 Å². The fourth-order valence-electron chi connectivity index (χ4n) is 2.36. The lowest BCUT2D eigenvalue weighted by Gasteiger charge is -2.07. The molecule has 0 atom stereocenters. The molecule has 0 aliphatic heterocycles. The third-order valence-electron chi connectivity index (χ3n) is 3.81. The van der Waals surface area contributed by atoms with Crippen LogP contribution in [0.15, 0.2) is 47.0 Å². The van der Waals surface area contributed by atoms with Crippen molar-refractivity contribution in [3.05, 3.63) is 59.5 Å². The number of aliphatic hydroxyl groups is 1. The number of ether oxygens (including phenoxy) is 3. The zero-order valence-corrected chi connectivity index (χ0v) is 14.8. The van der Waals surface area contributed by atoms with E-state index in [1.165, 1.54) is 7.11 Å². The number of hydrogen-bond donors (Lipinski definition) is 1. The lowest BCUT2D eigenvalue weighted by atomic mass is 10.1. The molecule has 0 fully saturated rings. The summed E-state index contributed by atoms with van der Waals surface area (Å²) in [4.78, 5) is 16.3. The number of nitrogens with zero attached hydrogens (tertiary/aromatic N) is 2. The number of aromatic nitrogens is 2. The van der Waals surface area contributed by atoms with E-state index in [2.05, 4.69) is 10.1 Å². The van der Waals surface area contributed by atoms with Crippen LogP contribution < -0.4 is 9.47 Å². The molecule has 3 rings (SSSR count). The van der Waals surface area contributed by atoms with Crippen molar-refractivity contribution in [2.45, 2.75) is 13.2 Å². The van der Waals surface area contributed by atoms with Gasteiger partial charge in [0.15, 0.2) is 18.1 Å². The topological polar surface area (TPSA) is 104 Å². The first-order valence-corrected chi connectivity index (χ1v) is 8.06. The maximum absolute atomic E-state index is 12.0. The smallest absolute Gasteiger partial charge is 0.338 e. The summed E-state index contributed by atoms with van der Waals surface area (Å²) < 4.78 is 20.8. The molecule has 1 aromatic heterocycles. The Balaban J connectivity index is 1.66. The number of hydrogen-bond acceptors (Lipinski definition) is 8. The van der Waals surface area contributed by atoms with Crippen molar-refractivity contribution < 1.29 is 28.6 Å². The van der Waals surface area contributed by atoms with E-state index in [4.69, 9.17) is 23.8 Å². The largest absolute Gasteiger partial charge is 0.493 e. The second-order valence-corrected chi connectivity index (χ2v) is 5.51. The maximum Gasteiger partial charge on any atom is 0.338 e. The minimum atomic E-state index is -0.523. The zero-order chi connectivity index (χ0) is 19.2. The lowest BCUT2D eigenvalue weighted by Crippen LogP contribution is -2.05. The second kappa shape index (κ2) is 8.33. The number of rotatable bonds is 7. The Labute approximate surface area is 155 Å². The van der Waals surface area contributed by atoms with E-state index in [1.807, 2.05) is 0 Å². The number of aliphatic hydroxyl groups excluding tert-OH is 1. The molecule has 8 nitrogen and oxygen atoms in total. The van der Waals surface area contributed by atoms with Crippen molar-refractivity contribution in [1.29, 1.82) is 0 Å². The SMILES string of the molecule is COc1ccc(-c2noc(COC(=O)c3ccc(CO)cc3)n2)cc1OC. The summed E-state index contributed by atoms with van der Waals surface area (Å²) >= 11 is 0. The minimum absolute atomic E-state index is 0.0871. The summed E-state index contributed by atoms with van der Waals surface area (Å²) in [7, 11) is 3.09. The highest BCUT2D eigenvalue weighted by Gasteiger charge is 2.14. The molecule has 0 radical (unpaired) electrons. The van der Waals surface area contributed by atoms with Gasteiger partial charge in [-0.25, -0.2) is 4.79 Å². The summed E-state index contributed by atoms with van der Waals surface area (Å²) in [6, 6.07) is 11.7. The molecule has 0 unspecified atom stereocenters. The van der Waals surface area contributed by atoms with Crippen LogP contribution in [0.5, 0.6) is 11.5 Å². The van der Waals surface area contributed by atoms with Crippen LogP contribution in [-0.4, -0.2) is 35.4 Å². The van der Waals surface area contributed by atoms with Crippen LogP contribution in [-0.2, 0) is 18.0 Å². The van der Waals surface area contributed by atoms with Crippen molar-refractivity contribution in [1.82, 2.24) is 10.1 Å². The van der Waals surface area contributed by atoms with Gasteiger partial charge < -0.3 is 23.8 Å². The summed E-state index contributed by atoms with van der Waals surface area (Å²) in [6.45, 7) is -0.239. The fraction of sp³-hybridized carbons (Fsp3) is 0.211. The van der Waals surface area contributed by atoms with Crippen molar-refractivity contribution in [2.24, 2.45) is 0 Å². The number of carbonyl (C=O) groups excluding carboxylic acids is 1. The Kier molecular flexibility index (Phi) is 5.68. The second-order valence-electron chi connectivity index (χ2n) is 5.51. The molecular formula is C19H18N2O6. The van der Waals surface area contributed by atoms with E-state index in [0.717, 1.165) is 0 Å². The highest BCUT2D eigenvalue weighted by atomic mass is 16.6. The van der Waals surface area contributed by atoms with E-state index in [1.54, 1.807) is 49.6 Å². The lowest BCUT2D eigenvalue weighted by molar-refractivity contribution is 0.0429. The van der Waals surface area contributed by atoms with Crippen LogP contribution >= 0.6 is 0 Å². The predicted octanol–water partition coefficient (Wildman–Crippen LogP) is 2.60. The summed E-state index contributed by atoms with van der Waals surface area (Å²) in [5.74, 6) is 1.12. The van der Waals surface area contributed by atoms with Gasteiger partial charge in [0.25, 0.3) is 5.89 Å². The van der Waals surface area contributed by atoms with Gasteiger partial charge in [0, 0.05) is 5.56 Å². The van der Waals surface area contributed by atoms with Gasteiger partial charge in [0.05, 0.1) is 26.4 Å². The number of benzene rings is 2. The first-order chi connectivity index (χ1) is 13.1. The fourth-order valence-corrected chi connectivity index (χ4v) is 2.36. The first-order valence-electron chi connectivity index (χ1n) is 8.06. The van der Waals surface area contributed by atoms with Crippen molar-refractivity contribution in [3.8, 4) is 22.9 Å². The molecule has 140 valence electrons. The third kappa shape index (κ3) is 4.24. The Hall–Kier alpha value is -3.39. The molecule has 1 heterocycles. The Morgan fingerprint density at radius 2 is 1.81 bits per heavy atom. The monoisotopic (exact) mass is 370 g/mol. The normalized spacial score (nSPS) is 10.5. The molecule has 0 amide bonds. The summed E-state index contributed by atoms with van der Waals surface area (Å²) in [5, 5.41) is 12.9. The number of carbonyl (C=O) groups is 1. The first kappa shape index (κ1) is 18.4. The van der Waals surface area contributed by atoms with Crippen LogP contribution in [0.4, 0.5) is 0 Å². The van der Waals surface area contributed by atoms with Crippen molar-refractivity contribution >= 4 is 5.97 Å². The molecule has 0 saturated carbocycles. The standard InChI is InChI=1S/C19H18N2O6/c1-24-15-8-7-14(9-16(15)25-2)18-20-17(27-21-18)11-26-19(23)13-5-3-12(10-22)4-6-13/h3-9,22H,10-11H2,1-2H3. The summed E-state index contributed by atoms with van der Waals surface area (Å²) in [6.07, 6.45) is 0. The molecular weight excluding hydrogens is 352 g/mol. The number of methoxy groups -OCH3 is 2. The highest BCUT2D eigenvalue weighted by Crippen LogP contribution is 2.31. The van der Waals surface area contributed by atoms with Crippen LogP contribution in [0.3, 0.4) is 0 Å². The van der Waals surface area contributed by atoms with Gasteiger partial charge >= 0.3 is 5.97 Å². The summed E-state index contributed by atoms with van der Waals surface area (Å²) in [5.41, 5.74) is 1.75. The maximum atomic E-state index is 12.0. The van der Waals surface area contributed by atoms with Crippen LogP contribution in [0.1, 0.15) is 21.8 Å². The molecule has 0 saturated heterocycles. The molecule has 2 aromatic carbocycles. The number of esters is 1. The Morgan fingerprint density at radius 1 is 1.07 bits per heavy atom. The zero-order valence-electron chi connectivity index (χ0n) is 14.8. The van der Waals surface area contributed by atoms with Gasteiger partial charge in [0.1, 0.15) is 0 Å². The van der Waals surface area contributed by atoms with Gasteiger partial charge in [-0.3, -0.25) is 0 Å². The molecule has 3 aromatic rings. The average Bonchev–Trinajstić information content (AvgIpc) is 3.20. The van der Waals surface area contributed by atoms with E-state index in [9.17, 15) is 4.79 Å². The third-order valence-corrected chi connectivity index (χ3v) is 3.81. The van der Waals surface area contributed by atoms with Gasteiger partial charge in [-0.2, -0.15) is 4.98 Å². The van der Waals surface area contributed by atoms with E-state index in [0.29, 0.717) is 34.0 Å². The van der Waals surface area contributed by atoms with E-state index < -0.39 is 5.97 Å². The van der Waals surface area contributed by atoms with Crippen LogP contribution in [0, 0.1) is 0 Å². The molecule has 0 bridgehead atoms. The van der Waals surface area contributed by atoms with Gasteiger partial charge in [0.2, 0.25) is 5.82 Å². The van der Waals surface area contributed by atoms with E-state index in [-0.39, 0.29) is 19.1 Å². The van der Waals surface area contributed by atoms with Crippen LogP contribution in [0.2, 0.25) is 0 Å². The van der Waals surface area contributed by atoms with Crippen LogP contribution in [0.25, 0.3) is 11.4 Å². The Bertz CT molecular complexity index is 920.